The number of hydrogen-bond acceptors (Lipinski definition) is 3. The van der Waals surface area contributed by atoms with Crippen molar-refractivity contribution in [3.63, 3.8) is 0 Å². The molecule has 0 fully saturated rings. The number of halogens is 1. The van der Waals surface area contributed by atoms with Crippen molar-refractivity contribution in [2.45, 2.75) is 33.4 Å². The molecule has 0 aliphatic rings. The molecule has 0 saturated carbocycles. The van der Waals surface area contributed by atoms with Gasteiger partial charge in [-0.25, -0.2) is 0 Å². The van der Waals surface area contributed by atoms with Crippen LogP contribution in [0, 0.1) is 6.92 Å². The van der Waals surface area contributed by atoms with Gasteiger partial charge < -0.3 is 15.4 Å². The lowest BCUT2D eigenvalue weighted by atomic mass is 10.2. The fourth-order valence-electron chi connectivity index (χ4n) is 2.26. The maximum Gasteiger partial charge on any atom is 0.119 e. The number of hydrogen-bond donors (Lipinski definition) is 2. The molecule has 0 saturated heterocycles. The van der Waals surface area contributed by atoms with Gasteiger partial charge in [0.1, 0.15) is 5.75 Å². The quantitative estimate of drug-likeness (QED) is 0.691. The molecule has 0 radical (unpaired) electrons. The monoisotopic (exact) mass is 332 g/mol. The molecular formula is C19H25ClN2O. The highest BCUT2D eigenvalue weighted by Crippen LogP contribution is 2.19. The number of anilines is 1. The Balaban J connectivity index is 1.70. The van der Waals surface area contributed by atoms with E-state index < -0.39 is 0 Å². The summed E-state index contributed by atoms with van der Waals surface area (Å²) in [6.45, 7) is 8.73. The van der Waals surface area contributed by atoms with Crippen molar-refractivity contribution in [2.75, 3.05) is 18.4 Å². The molecule has 2 aromatic rings. The third-order valence-electron chi connectivity index (χ3n) is 3.44. The third-order valence-corrected chi connectivity index (χ3v) is 3.68. The Morgan fingerprint density at radius 3 is 2.48 bits per heavy atom. The Morgan fingerprint density at radius 2 is 1.78 bits per heavy atom. The summed E-state index contributed by atoms with van der Waals surface area (Å²) >= 11 is 6.02. The molecule has 2 N–H and O–H groups in total. The van der Waals surface area contributed by atoms with Gasteiger partial charge in [0.25, 0.3) is 0 Å². The molecule has 3 nitrogen and oxygen atoms in total. The lowest BCUT2D eigenvalue weighted by molar-refractivity contribution is 0.242. The van der Waals surface area contributed by atoms with Gasteiger partial charge in [-0.15, -0.1) is 0 Å². The van der Waals surface area contributed by atoms with Crippen LogP contribution in [0.25, 0.3) is 0 Å². The van der Waals surface area contributed by atoms with Crippen LogP contribution < -0.4 is 15.4 Å². The van der Waals surface area contributed by atoms with Crippen LogP contribution in [0.2, 0.25) is 5.02 Å². The highest BCUT2D eigenvalue weighted by Gasteiger charge is 2.00. The van der Waals surface area contributed by atoms with Crippen molar-refractivity contribution in [2.24, 2.45) is 0 Å². The number of aryl methyl sites for hydroxylation is 1. The molecule has 124 valence electrons. The Bertz CT molecular complexity index is 611. The number of benzene rings is 2. The van der Waals surface area contributed by atoms with E-state index in [1.807, 2.05) is 44.2 Å². The van der Waals surface area contributed by atoms with E-state index >= 15 is 0 Å². The van der Waals surface area contributed by atoms with Crippen molar-refractivity contribution in [3.8, 4) is 5.75 Å². The summed E-state index contributed by atoms with van der Waals surface area (Å²) in [5.41, 5.74) is 3.55. The minimum atomic E-state index is 0.208. The van der Waals surface area contributed by atoms with Crippen LogP contribution in [0.1, 0.15) is 25.0 Å². The highest BCUT2D eigenvalue weighted by molar-refractivity contribution is 6.30. The van der Waals surface area contributed by atoms with Gasteiger partial charge in [-0.05, 0) is 56.2 Å². The molecule has 0 atom stereocenters. The summed E-state index contributed by atoms with van der Waals surface area (Å²) in [7, 11) is 0. The molecule has 0 heterocycles. The largest absolute Gasteiger partial charge is 0.491 e. The van der Waals surface area contributed by atoms with Crippen molar-refractivity contribution in [1.29, 1.82) is 0 Å². The van der Waals surface area contributed by atoms with E-state index in [0.717, 1.165) is 36.1 Å². The molecule has 0 spiro atoms. The SMILES string of the molecule is Cc1ccc(Cl)cc1NCCNCc1ccc(OC(C)C)cc1. The van der Waals surface area contributed by atoms with Crippen LogP contribution in [0.5, 0.6) is 5.75 Å². The predicted octanol–water partition coefficient (Wildman–Crippen LogP) is 4.64. The zero-order chi connectivity index (χ0) is 16.7. The maximum atomic E-state index is 6.02. The first-order valence-corrected chi connectivity index (χ1v) is 8.39. The van der Waals surface area contributed by atoms with Gasteiger partial charge in [0.15, 0.2) is 0 Å². The second-order valence-electron chi connectivity index (χ2n) is 5.87. The minimum Gasteiger partial charge on any atom is -0.491 e. The average Bonchev–Trinajstić information content (AvgIpc) is 2.51. The Kier molecular flexibility index (Phi) is 6.75. The molecule has 23 heavy (non-hydrogen) atoms. The number of rotatable bonds is 8. The van der Waals surface area contributed by atoms with Gasteiger partial charge in [-0.1, -0.05) is 29.8 Å². The zero-order valence-corrected chi connectivity index (χ0v) is 14.8. The van der Waals surface area contributed by atoms with Gasteiger partial charge in [0.2, 0.25) is 0 Å². The third kappa shape index (κ3) is 6.12. The lowest BCUT2D eigenvalue weighted by Gasteiger charge is -2.12. The van der Waals surface area contributed by atoms with Crippen molar-refractivity contribution in [1.82, 2.24) is 5.32 Å². The zero-order valence-electron chi connectivity index (χ0n) is 14.0. The van der Waals surface area contributed by atoms with Crippen LogP contribution in [-0.2, 0) is 6.54 Å². The minimum absolute atomic E-state index is 0.208. The fourth-order valence-corrected chi connectivity index (χ4v) is 2.43. The van der Waals surface area contributed by atoms with Crippen molar-refractivity contribution in [3.05, 3.63) is 58.6 Å². The average molecular weight is 333 g/mol. The van der Waals surface area contributed by atoms with Crippen LogP contribution in [0.3, 0.4) is 0 Å². The molecule has 2 rings (SSSR count). The van der Waals surface area contributed by atoms with Crippen LogP contribution in [0.4, 0.5) is 5.69 Å². The van der Waals surface area contributed by atoms with E-state index in [1.54, 1.807) is 0 Å². The molecule has 0 unspecified atom stereocenters. The Labute approximate surface area is 144 Å². The molecule has 0 aliphatic carbocycles. The second-order valence-corrected chi connectivity index (χ2v) is 6.31. The van der Waals surface area contributed by atoms with Crippen molar-refractivity contribution >= 4 is 17.3 Å². The molecule has 0 bridgehead atoms. The maximum absolute atomic E-state index is 6.02. The van der Waals surface area contributed by atoms with Gasteiger partial charge in [-0.3, -0.25) is 0 Å². The predicted molar refractivity (Wildman–Crippen MR) is 98.6 cm³/mol. The van der Waals surface area contributed by atoms with E-state index in [9.17, 15) is 0 Å². The topological polar surface area (TPSA) is 33.3 Å². The van der Waals surface area contributed by atoms with Crippen LogP contribution >= 0.6 is 11.6 Å². The van der Waals surface area contributed by atoms with Gasteiger partial charge in [0, 0.05) is 30.3 Å². The first kappa shape index (κ1) is 17.6. The Morgan fingerprint density at radius 1 is 1.04 bits per heavy atom. The van der Waals surface area contributed by atoms with Crippen molar-refractivity contribution < 1.29 is 4.74 Å². The number of nitrogens with one attached hydrogen (secondary N) is 2. The van der Waals surface area contributed by atoms with E-state index in [1.165, 1.54) is 11.1 Å². The van der Waals surface area contributed by atoms with Crippen LogP contribution in [0.15, 0.2) is 42.5 Å². The van der Waals surface area contributed by atoms with E-state index in [2.05, 4.69) is 29.7 Å². The molecule has 0 aliphatic heterocycles. The normalized spacial score (nSPS) is 10.8. The summed E-state index contributed by atoms with van der Waals surface area (Å²) in [6.07, 6.45) is 0.208. The first-order chi connectivity index (χ1) is 11.0. The molecule has 4 heteroatoms. The van der Waals surface area contributed by atoms with Gasteiger partial charge in [-0.2, -0.15) is 0 Å². The van der Waals surface area contributed by atoms with E-state index in [-0.39, 0.29) is 6.10 Å². The summed E-state index contributed by atoms with van der Waals surface area (Å²) < 4.78 is 5.64. The summed E-state index contributed by atoms with van der Waals surface area (Å²) in [5.74, 6) is 0.918. The molecule has 2 aromatic carbocycles. The summed E-state index contributed by atoms with van der Waals surface area (Å²) in [6, 6.07) is 14.1. The molecule has 0 aromatic heterocycles. The second kappa shape index (κ2) is 8.80. The smallest absolute Gasteiger partial charge is 0.119 e. The Hall–Kier alpha value is -1.71. The standard InChI is InChI=1S/C19H25ClN2O/c1-14(2)23-18-8-5-16(6-9-18)13-21-10-11-22-19-12-17(20)7-4-15(19)3/h4-9,12,14,21-22H,10-11,13H2,1-3H3. The summed E-state index contributed by atoms with van der Waals surface area (Å²) in [4.78, 5) is 0. The first-order valence-electron chi connectivity index (χ1n) is 8.01. The van der Waals surface area contributed by atoms with E-state index in [4.69, 9.17) is 16.3 Å². The van der Waals surface area contributed by atoms with Crippen LogP contribution in [-0.4, -0.2) is 19.2 Å². The molecule has 0 amide bonds. The lowest BCUT2D eigenvalue weighted by Crippen LogP contribution is -2.22. The van der Waals surface area contributed by atoms with E-state index in [0.29, 0.717) is 0 Å². The molecular weight excluding hydrogens is 308 g/mol. The number of ether oxygens (including phenoxy) is 1. The fraction of sp³-hybridized carbons (Fsp3) is 0.368. The highest BCUT2D eigenvalue weighted by atomic mass is 35.5. The van der Waals surface area contributed by atoms with Gasteiger partial charge >= 0.3 is 0 Å². The van der Waals surface area contributed by atoms with Gasteiger partial charge in [0.05, 0.1) is 6.10 Å². The summed E-state index contributed by atoms with van der Waals surface area (Å²) in [5, 5.41) is 7.59.